The third kappa shape index (κ3) is 6.04. The number of hydrogen-bond acceptors (Lipinski definition) is 6. The normalized spacial score (nSPS) is 14.2. The topological polar surface area (TPSA) is 99.6 Å². The molecule has 1 aliphatic carbocycles. The smallest absolute Gasteiger partial charge is 0.313 e. The molecule has 0 radical (unpaired) electrons. The molecule has 0 spiro atoms. The van der Waals surface area contributed by atoms with Gasteiger partial charge in [0.1, 0.15) is 12.4 Å². The Bertz CT molecular complexity index is 1650. The van der Waals surface area contributed by atoms with Gasteiger partial charge in [0.2, 0.25) is 5.75 Å². The van der Waals surface area contributed by atoms with Crippen LogP contribution in [0.1, 0.15) is 60.5 Å². The van der Waals surface area contributed by atoms with Crippen LogP contribution in [0.2, 0.25) is 5.02 Å². The van der Waals surface area contributed by atoms with Gasteiger partial charge in [-0.15, -0.1) is 0 Å². The Morgan fingerprint density at radius 1 is 1.18 bits per heavy atom. The molecule has 0 atom stereocenters. The molecule has 0 saturated heterocycles. The van der Waals surface area contributed by atoms with Crippen molar-refractivity contribution in [1.29, 1.82) is 0 Å². The van der Waals surface area contributed by atoms with Crippen molar-refractivity contribution in [3.05, 3.63) is 107 Å². The van der Waals surface area contributed by atoms with Gasteiger partial charge in [-0.25, -0.2) is 4.98 Å². The zero-order valence-corrected chi connectivity index (χ0v) is 23.6. The molecule has 0 aliphatic heterocycles. The maximum absolute atomic E-state index is 13.5. The number of rotatable bonds is 7. The van der Waals surface area contributed by atoms with Crippen LogP contribution in [-0.2, 0) is 6.61 Å². The number of aromatic nitrogens is 2. The number of nitro benzene ring substituents is 1. The molecule has 1 saturated carbocycles. The van der Waals surface area contributed by atoms with E-state index in [-0.39, 0.29) is 34.5 Å². The molecule has 0 bridgehead atoms. The molecule has 200 valence electrons. The van der Waals surface area contributed by atoms with Crippen LogP contribution in [0, 0.1) is 17.0 Å². The zero-order valence-electron chi connectivity index (χ0n) is 21.3. The van der Waals surface area contributed by atoms with E-state index in [9.17, 15) is 14.9 Å². The van der Waals surface area contributed by atoms with Crippen molar-refractivity contribution in [2.75, 3.05) is 0 Å². The average Bonchev–Trinajstić information content (AvgIpc) is 2.92. The maximum Gasteiger partial charge on any atom is 0.313 e. The zero-order chi connectivity index (χ0) is 27.5. The van der Waals surface area contributed by atoms with Gasteiger partial charge >= 0.3 is 5.69 Å². The number of fused-ring (bicyclic) bond motifs is 1. The first-order valence-corrected chi connectivity index (χ1v) is 13.9. The van der Waals surface area contributed by atoms with Crippen LogP contribution in [0.15, 0.2) is 69.0 Å². The molecule has 3 aromatic carbocycles. The second-order valence-electron chi connectivity index (χ2n) is 9.71. The Balaban J connectivity index is 1.52. The van der Waals surface area contributed by atoms with E-state index < -0.39 is 4.92 Å². The standard InChI is InChI=1S/C29H26BrClN4O4/c1-18-6-5-7-19(12-18)17-39-27-24(31)13-20(14-26(27)35(37)38)16-32-34-28(21-8-3-2-4-9-21)33-25-11-10-22(30)15-23(25)29(34)36/h5-7,10-16,21H,2-4,8-9,17H2,1H3. The van der Waals surface area contributed by atoms with Gasteiger partial charge in [-0.3, -0.25) is 14.9 Å². The number of ether oxygens (including phenoxy) is 1. The van der Waals surface area contributed by atoms with E-state index in [0.717, 1.165) is 47.7 Å². The van der Waals surface area contributed by atoms with E-state index in [2.05, 4.69) is 21.0 Å². The number of benzene rings is 3. The van der Waals surface area contributed by atoms with E-state index in [1.807, 2.05) is 43.3 Å². The molecule has 4 aromatic rings. The lowest BCUT2D eigenvalue weighted by Crippen LogP contribution is -2.25. The summed E-state index contributed by atoms with van der Waals surface area (Å²) in [6, 6.07) is 16.0. The fourth-order valence-electron chi connectivity index (χ4n) is 4.94. The van der Waals surface area contributed by atoms with Crippen LogP contribution in [-0.4, -0.2) is 20.8 Å². The van der Waals surface area contributed by atoms with E-state index in [1.54, 1.807) is 12.1 Å². The molecule has 10 heteroatoms. The monoisotopic (exact) mass is 608 g/mol. The quantitative estimate of drug-likeness (QED) is 0.122. The first kappa shape index (κ1) is 27.0. The van der Waals surface area contributed by atoms with Crippen LogP contribution in [0.25, 0.3) is 10.9 Å². The molecule has 1 fully saturated rings. The first-order chi connectivity index (χ1) is 18.8. The number of halogens is 2. The lowest BCUT2D eigenvalue weighted by atomic mass is 9.88. The summed E-state index contributed by atoms with van der Waals surface area (Å²) in [6.45, 7) is 2.09. The van der Waals surface area contributed by atoms with Crippen molar-refractivity contribution < 1.29 is 9.66 Å². The number of hydrogen-bond donors (Lipinski definition) is 0. The van der Waals surface area contributed by atoms with Gasteiger partial charge in [0, 0.05) is 22.0 Å². The molecule has 0 amide bonds. The van der Waals surface area contributed by atoms with Crippen molar-refractivity contribution >= 4 is 50.3 Å². The van der Waals surface area contributed by atoms with Crippen molar-refractivity contribution in [1.82, 2.24) is 9.66 Å². The predicted molar refractivity (Wildman–Crippen MR) is 156 cm³/mol. The van der Waals surface area contributed by atoms with Crippen molar-refractivity contribution in [2.24, 2.45) is 5.10 Å². The minimum absolute atomic E-state index is 0.0161. The van der Waals surface area contributed by atoms with Crippen LogP contribution < -0.4 is 10.3 Å². The summed E-state index contributed by atoms with van der Waals surface area (Å²) in [5.74, 6) is 0.689. The summed E-state index contributed by atoms with van der Waals surface area (Å²) in [6.07, 6.45) is 6.54. The fraction of sp³-hybridized carbons (Fsp3) is 0.276. The lowest BCUT2D eigenvalue weighted by molar-refractivity contribution is -0.385. The third-order valence-electron chi connectivity index (χ3n) is 6.83. The van der Waals surface area contributed by atoms with Gasteiger partial charge in [-0.1, -0.05) is 76.6 Å². The van der Waals surface area contributed by atoms with Crippen LogP contribution in [0.4, 0.5) is 5.69 Å². The number of aryl methyl sites for hydroxylation is 1. The van der Waals surface area contributed by atoms with Crippen LogP contribution >= 0.6 is 27.5 Å². The summed E-state index contributed by atoms with van der Waals surface area (Å²) < 4.78 is 7.87. The molecule has 1 aliphatic rings. The molecular formula is C29H26BrClN4O4. The molecule has 8 nitrogen and oxygen atoms in total. The molecular weight excluding hydrogens is 584 g/mol. The maximum atomic E-state index is 13.5. The molecule has 0 N–H and O–H groups in total. The summed E-state index contributed by atoms with van der Waals surface area (Å²) >= 11 is 9.88. The summed E-state index contributed by atoms with van der Waals surface area (Å²) in [7, 11) is 0. The highest BCUT2D eigenvalue weighted by molar-refractivity contribution is 9.10. The second kappa shape index (κ2) is 11.7. The molecule has 1 aromatic heterocycles. The van der Waals surface area contributed by atoms with Crippen molar-refractivity contribution in [2.45, 2.75) is 51.6 Å². The third-order valence-corrected chi connectivity index (χ3v) is 7.61. The molecule has 0 unspecified atom stereocenters. The number of nitrogens with zero attached hydrogens (tertiary/aromatic N) is 4. The van der Waals surface area contributed by atoms with E-state index >= 15 is 0 Å². The van der Waals surface area contributed by atoms with Crippen molar-refractivity contribution in [3.8, 4) is 5.75 Å². The van der Waals surface area contributed by atoms with Gasteiger partial charge in [0.05, 0.1) is 27.1 Å². The van der Waals surface area contributed by atoms with Gasteiger partial charge in [-0.2, -0.15) is 9.78 Å². The Morgan fingerprint density at radius 3 is 2.72 bits per heavy atom. The minimum atomic E-state index is -0.538. The first-order valence-electron chi connectivity index (χ1n) is 12.7. The van der Waals surface area contributed by atoms with E-state index in [4.69, 9.17) is 21.3 Å². The summed E-state index contributed by atoms with van der Waals surface area (Å²) in [5, 5.41) is 16.9. The summed E-state index contributed by atoms with van der Waals surface area (Å²) in [4.78, 5) is 29.7. The Kier molecular flexibility index (Phi) is 8.09. The van der Waals surface area contributed by atoms with Gasteiger partial charge in [-0.05, 0) is 49.6 Å². The molecule has 1 heterocycles. The molecule has 39 heavy (non-hydrogen) atoms. The summed E-state index contributed by atoms with van der Waals surface area (Å²) in [5.41, 5.74) is 2.33. The SMILES string of the molecule is Cc1cccc(COc2c(Cl)cc(C=Nn3c(C4CCCCC4)nc4ccc(Br)cc4c3=O)cc2[N+](=O)[O-])c1. The van der Waals surface area contributed by atoms with Gasteiger partial charge < -0.3 is 4.74 Å². The highest BCUT2D eigenvalue weighted by Gasteiger charge is 2.23. The van der Waals surface area contributed by atoms with Crippen molar-refractivity contribution in [3.63, 3.8) is 0 Å². The highest BCUT2D eigenvalue weighted by Crippen LogP contribution is 2.37. The second-order valence-corrected chi connectivity index (χ2v) is 11.0. The molecule has 5 rings (SSSR count). The highest BCUT2D eigenvalue weighted by atomic mass is 79.9. The van der Waals surface area contributed by atoms with E-state index in [0.29, 0.717) is 22.3 Å². The van der Waals surface area contributed by atoms with Gasteiger partial charge in [0.25, 0.3) is 5.56 Å². The average molecular weight is 610 g/mol. The Hall–Kier alpha value is -3.56. The Labute approximate surface area is 238 Å². The lowest BCUT2D eigenvalue weighted by Gasteiger charge is -2.22. The van der Waals surface area contributed by atoms with Gasteiger partial charge in [0.15, 0.2) is 0 Å². The number of nitro groups is 1. The van der Waals surface area contributed by atoms with Crippen LogP contribution in [0.5, 0.6) is 5.75 Å². The minimum Gasteiger partial charge on any atom is -0.481 e. The predicted octanol–water partition coefficient (Wildman–Crippen LogP) is 7.54. The van der Waals surface area contributed by atoms with Crippen LogP contribution in [0.3, 0.4) is 0 Å². The Morgan fingerprint density at radius 2 is 1.97 bits per heavy atom. The largest absolute Gasteiger partial charge is 0.481 e. The van der Waals surface area contributed by atoms with E-state index in [1.165, 1.54) is 17.0 Å². The fourth-order valence-corrected chi connectivity index (χ4v) is 5.58.